The van der Waals surface area contributed by atoms with E-state index in [0.717, 1.165) is 28.2 Å². The van der Waals surface area contributed by atoms with E-state index in [-0.39, 0.29) is 12.1 Å². The van der Waals surface area contributed by atoms with Gasteiger partial charge in [-0.3, -0.25) is 4.79 Å². The topological polar surface area (TPSA) is 44.8 Å². The Morgan fingerprint density at radius 3 is 1.62 bits per heavy atom. The molecule has 0 unspecified atom stereocenters. The van der Waals surface area contributed by atoms with Crippen molar-refractivity contribution in [3.8, 4) is 11.5 Å². The van der Waals surface area contributed by atoms with Crippen molar-refractivity contribution in [2.75, 3.05) is 14.2 Å². The smallest absolute Gasteiger partial charge is 0.303 e. The van der Waals surface area contributed by atoms with Crippen molar-refractivity contribution in [3.63, 3.8) is 0 Å². The van der Waals surface area contributed by atoms with E-state index >= 15 is 0 Å². The van der Waals surface area contributed by atoms with Crippen molar-refractivity contribution >= 4 is 11.5 Å². The molecule has 0 spiro atoms. The molecule has 0 aromatic heterocycles. The lowest BCUT2D eigenvalue weighted by molar-refractivity contribution is -0.143. The van der Waals surface area contributed by atoms with Crippen molar-refractivity contribution < 1.29 is 19.0 Å². The average molecular weight is 326 g/mol. The number of methoxy groups -OCH3 is 2. The molecule has 4 nitrogen and oxygen atoms in total. The third-order valence-corrected chi connectivity index (χ3v) is 3.56. The second-order valence-electron chi connectivity index (χ2n) is 5.35. The molecule has 2 rings (SSSR count). The standard InChI is InChI=1S/C20H22O4/c1-14(24-15(2)21)13-20(16-5-9-18(22-3)10-6-16)17-7-11-19(23-4)12-8-17/h5-14H,1-4H3/t14-/m1/s1. The number of esters is 1. The normalized spacial score (nSPS) is 11.3. The maximum Gasteiger partial charge on any atom is 0.303 e. The van der Waals surface area contributed by atoms with Gasteiger partial charge in [0.15, 0.2) is 0 Å². The van der Waals surface area contributed by atoms with Crippen LogP contribution in [0.4, 0.5) is 0 Å². The molecule has 0 aliphatic carbocycles. The largest absolute Gasteiger partial charge is 0.497 e. The van der Waals surface area contributed by atoms with Gasteiger partial charge in [0.05, 0.1) is 14.2 Å². The molecule has 0 N–H and O–H groups in total. The molecule has 0 radical (unpaired) electrons. The lowest BCUT2D eigenvalue weighted by Crippen LogP contribution is -2.10. The summed E-state index contributed by atoms with van der Waals surface area (Å²) in [5, 5.41) is 0. The van der Waals surface area contributed by atoms with Crippen molar-refractivity contribution in [1.29, 1.82) is 0 Å². The molecule has 0 saturated heterocycles. The van der Waals surface area contributed by atoms with Crippen LogP contribution in [-0.2, 0) is 9.53 Å². The molecular formula is C20H22O4. The van der Waals surface area contributed by atoms with Gasteiger partial charge < -0.3 is 14.2 Å². The van der Waals surface area contributed by atoms with Gasteiger partial charge in [-0.05, 0) is 54.0 Å². The highest BCUT2D eigenvalue weighted by molar-refractivity contribution is 5.80. The molecular weight excluding hydrogens is 304 g/mol. The molecule has 4 heteroatoms. The third kappa shape index (κ3) is 4.62. The molecule has 0 saturated carbocycles. The van der Waals surface area contributed by atoms with Crippen LogP contribution < -0.4 is 9.47 Å². The molecule has 1 atom stereocenters. The van der Waals surface area contributed by atoms with Crippen molar-refractivity contribution in [2.45, 2.75) is 20.0 Å². The van der Waals surface area contributed by atoms with Crippen molar-refractivity contribution in [3.05, 3.63) is 65.7 Å². The maximum absolute atomic E-state index is 11.2. The number of benzene rings is 2. The van der Waals surface area contributed by atoms with Crippen LogP contribution in [-0.4, -0.2) is 26.3 Å². The molecule has 24 heavy (non-hydrogen) atoms. The minimum atomic E-state index is -0.332. The predicted octanol–water partition coefficient (Wildman–Crippen LogP) is 4.09. The van der Waals surface area contributed by atoms with E-state index in [1.54, 1.807) is 14.2 Å². The molecule has 0 fully saturated rings. The van der Waals surface area contributed by atoms with Gasteiger partial charge in [-0.25, -0.2) is 0 Å². The fourth-order valence-electron chi connectivity index (χ4n) is 2.43. The average Bonchev–Trinajstić information content (AvgIpc) is 2.59. The summed E-state index contributed by atoms with van der Waals surface area (Å²) in [4.78, 5) is 11.2. The Kier molecular flexibility index (Phi) is 6.01. The van der Waals surface area contributed by atoms with Gasteiger partial charge in [0, 0.05) is 6.92 Å². The van der Waals surface area contributed by atoms with E-state index in [1.807, 2.05) is 61.5 Å². The van der Waals surface area contributed by atoms with Crippen molar-refractivity contribution in [1.82, 2.24) is 0 Å². The Labute approximate surface area is 142 Å². The number of hydrogen-bond donors (Lipinski definition) is 0. The summed E-state index contributed by atoms with van der Waals surface area (Å²) in [5.74, 6) is 1.28. The fraction of sp³-hybridized carbons (Fsp3) is 0.250. The first kappa shape index (κ1) is 17.6. The van der Waals surface area contributed by atoms with Crippen LogP contribution in [0.2, 0.25) is 0 Å². The summed E-state index contributed by atoms with van der Waals surface area (Å²) < 4.78 is 15.7. The fourth-order valence-corrected chi connectivity index (χ4v) is 2.43. The number of carbonyl (C=O) groups is 1. The number of ether oxygens (including phenoxy) is 3. The van der Waals surface area contributed by atoms with Gasteiger partial charge in [0.2, 0.25) is 0 Å². The molecule has 126 valence electrons. The first-order valence-electron chi connectivity index (χ1n) is 7.71. The zero-order valence-electron chi connectivity index (χ0n) is 14.4. The minimum Gasteiger partial charge on any atom is -0.497 e. The molecule has 0 aliphatic rings. The van der Waals surface area contributed by atoms with Gasteiger partial charge in [-0.1, -0.05) is 24.3 Å². The Balaban J connectivity index is 2.42. The zero-order valence-corrected chi connectivity index (χ0v) is 14.4. The van der Waals surface area contributed by atoms with Gasteiger partial charge in [-0.15, -0.1) is 0 Å². The van der Waals surface area contributed by atoms with Crippen LogP contribution in [0.5, 0.6) is 11.5 Å². The number of carbonyl (C=O) groups excluding carboxylic acids is 1. The summed E-state index contributed by atoms with van der Waals surface area (Å²) in [7, 11) is 3.27. The Hall–Kier alpha value is -2.75. The molecule has 0 heterocycles. The lowest BCUT2D eigenvalue weighted by Gasteiger charge is -2.14. The van der Waals surface area contributed by atoms with Gasteiger partial charge >= 0.3 is 5.97 Å². The SMILES string of the molecule is COc1ccc(C(=C[C@@H](C)OC(C)=O)c2ccc(OC)cc2)cc1. The van der Waals surface area contributed by atoms with E-state index in [2.05, 4.69) is 0 Å². The highest BCUT2D eigenvalue weighted by atomic mass is 16.5. The van der Waals surface area contributed by atoms with E-state index in [9.17, 15) is 4.79 Å². The highest BCUT2D eigenvalue weighted by Gasteiger charge is 2.10. The highest BCUT2D eigenvalue weighted by Crippen LogP contribution is 2.27. The summed E-state index contributed by atoms with van der Waals surface area (Å²) in [6.45, 7) is 3.25. The molecule has 0 amide bonds. The second kappa shape index (κ2) is 8.20. The molecule has 0 bridgehead atoms. The number of hydrogen-bond acceptors (Lipinski definition) is 4. The van der Waals surface area contributed by atoms with Crippen LogP contribution in [0.1, 0.15) is 25.0 Å². The van der Waals surface area contributed by atoms with Crippen molar-refractivity contribution in [2.24, 2.45) is 0 Å². The first-order valence-corrected chi connectivity index (χ1v) is 7.71. The second-order valence-corrected chi connectivity index (χ2v) is 5.35. The summed E-state index contributed by atoms with van der Waals surface area (Å²) in [5.41, 5.74) is 3.01. The summed E-state index contributed by atoms with van der Waals surface area (Å²) in [6.07, 6.45) is 1.60. The molecule has 2 aromatic rings. The van der Waals surface area contributed by atoms with E-state index in [4.69, 9.17) is 14.2 Å². The number of rotatable bonds is 6. The van der Waals surface area contributed by atoms with Crippen LogP contribution in [0, 0.1) is 0 Å². The van der Waals surface area contributed by atoms with Crippen LogP contribution in [0.3, 0.4) is 0 Å². The van der Waals surface area contributed by atoms with Crippen LogP contribution in [0.15, 0.2) is 54.6 Å². The summed E-state index contributed by atoms with van der Waals surface area (Å²) in [6, 6.07) is 15.5. The third-order valence-electron chi connectivity index (χ3n) is 3.56. The Morgan fingerprint density at radius 1 is 0.875 bits per heavy atom. The maximum atomic E-state index is 11.2. The Bertz CT molecular complexity index is 650. The summed E-state index contributed by atoms with van der Waals surface area (Å²) >= 11 is 0. The first-order chi connectivity index (χ1) is 11.5. The van der Waals surface area contributed by atoms with Gasteiger partial charge in [0.25, 0.3) is 0 Å². The quantitative estimate of drug-likeness (QED) is 0.750. The molecule has 0 aliphatic heterocycles. The monoisotopic (exact) mass is 326 g/mol. The molecule has 2 aromatic carbocycles. The Morgan fingerprint density at radius 2 is 1.29 bits per heavy atom. The lowest BCUT2D eigenvalue weighted by atomic mass is 9.96. The zero-order chi connectivity index (χ0) is 17.5. The van der Waals surface area contributed by atoms with Crippen LogP contribution in [0.25, 0.3) is 5.57 Å². The van der Waals surface area contributed by atoms with E-state index in [1.165, 1.54) is 6.92 Å². The van der Waals surface area contributed by atoms with Gasteiger partial charge in [-0.2, -0.15) is 0 Å². The predicted molar refractivity (Wildman–Crippen MR) is 94.3 cm³/mol. The van der Waals surface area contributed by atoms with E-state index < -0.39 is 0 Å². The van der Waals surface area contributed by atoms with Crippen LogP contribution >= 0.6 is 0 Å². The minimum absolute atomic E-state index is 0.303. The van der Waals surface area contributed by atoms with Gasteiger partial charge in [0.1, 0.15) is 17.6 Å². The van der Waals surface area contributed by atoms with E-state index in [0.29, 0.717) is 0 Å².